The number of fused-ring (bicyclic) bond motifs is 1. The van der Waals surface area contributed by atoms with Crippen LogP contribution in [-0.4, -0.2) is 33.9 Å². The van der Waals surface area contributed by atoms with E-state index in [1.165, 1.54) is 11.1 Å². The van der Waals surface area contributed by atoms with Gasteiger partial charge in [-0.05, 0) is 30.0 Å². The van der Waals surface area contributed by atoms with Gasteiger partial charge >= 0.3 is 6.09 Å². The molecule has 2 aromatic carbocycles. The molecule has 0 bridgehead atoms. The van der Waals surface area contributed by atoms with Crippen molar-refractivity contribution in [1.82, 2.24) is 14.7 Å². The van der Waals surface area contributed by atoms with Crippen LogP contribution in [0.2, 0.25) is 0 Å². The molecule has 5 nitrogen and oxygen atoms in total. The molecule has 1 aliphatic rings. The molecule has 0 spiro atoms. The SMILES string of the molecule is CCOC(=O)N1CCc2cccc(-c3cn(C)nc3-c3ccccc3)c2C1. The van der Waals surface area contributed by atoms with Crippen molar-refractivity contribution >= 4 is 6.09 Å². The van der Waals surface area contributed by atoms with Crippen LogP contribution in [0.5, 0.6) is 0 Å². The predicted octanol–water partition coefficient (Wildman–Crippen LogP) is 4.27. The molecule has 0 fully saturated rings. The van der Waals surface area contributed by atoms with E-state index in [2.05, 4.69) is 36.5 Å². The Morgan fingerprint density at radius 2 is 1.93 bits per heavy atom. The van der Waals surface area contributed by atoms with E-state index in [0.29, 0.717) is 19.7 Å². The van der Waals surface area contributed by atoms with Crippen molar-refractivity contribution in [3.63, 3.8) is 0 Å². The van der Waals surface area contributed by atoms with Gasteiger partial charge in [0.1, 0.15) is 5.69 Å². The van der Waals surface area contributed by atoms with Crippen LogP contribution < -0.4 is 0 Å². The molecule has 5 heteroatoms. The third-order valence-electron chi connectivity index (χ3n) is 4.97. The first-order valence-corrected chi connectivity index (χ1v) is 9.29. The van der Waals surface area contributed by atoms with Crippen LogP contribution in [-0.2, 0) is 24.8 Å². The van der Waals surface area contributed by atoms with Gasteiger partial charge < -0.3 is 9.64 Å². The summed E-state index contributed by atoms with van der Waals surface area (Å²) >= 11 is 0. The quantitative estimate of drug-likeness (QED) is 0.700. The lowest BCUT2D eigenvalue weighted by Crippen LogP contribution is -2.36. The monoisotopic (exact) mass is 361 g/mol. The predicted molar refractivity (Wildman–Crippen MR) is 105 cm³/mol. The highest BCUT2D eigenvalue weighted by Crippen LogP contribution is 2.36. The van der Waals surface area contributed by atoms with E-state index >= 15 is 0 Å². The van der Waals surface area contributed by atoms with Crippen molar-refractivity contribution < 1.29 is 9.53 Å². The zero-order valence-electron chi connectivity index (χ0n) is 15.7. The van der Waals surface area contributed by atoms with Gasteiger partial charge in [-0.2, -0.15) is 5.10 Å². The summed E-state index contributed by atoms with van der Waals surface area (Å²) in [6.45, 7) is 3.48. The minimum atomic E-state index is -0.243. The van der Waals surface area contributed by atoms with Crippen molar-refractivity contribution in [2.75, 3.05) is 13.2 Å². The fourth-order valence-electron chi connectivity index (χ4n) is 3.70. The van der Waals surface area contributed by atoms with Crippen LogP contribution in [0.15, 0.2) is 54.7 Å². The van der Waals surface area contributed by atoms with Crippen LogP contribution in [0.3, 0.4) is 0 Å². The molecule has 138 valence electrons. The Morgan fingerprint density at radius 3 is 2.70 bits per heavy atom. The van der Waals surface area contributed by atoms with Gasteiger partial charge in [-0.1, -0.05) is 48.5 Å². The molecule has 0 aliphatic carbocycles. The number of rotatable bonds is 3. The summed E-state index contributed by atoms with van der Waals surface area (Å²) in [6, 6.07) is 16.6. The van der Waals surface area contributed by atoms with Crippen LogP contribution in [0.25, 0.3) is 22.4 Å². The molecule has 2 heterocycles. The highest BCUT2D eigenvalue weighted by atomic mass is 16.6. The topological polar surface area (TPSA) is 47.4 Å². The molecule has 0 saturated heterocycles. The van der Waals surface area contributed by atoms with E-state index in [-0.39, 0.29) is 6.09 Å². The molecule has 0 saturated carbocycles. The van der Waals surface area contributed by atoms with Crippen molar-refractivity contribution in [1.29, 1.82) is 0 Å². The molecule has 3 aromatic rings. The van der Waals surface area contributed by atoms with E-state index in [9.17, 15) is 4.79 Å². The second-order valence-electron chi connectivity index (χ2n) is 6.74. The third-order valence-corrected chi connectivity index (χ3v) is 4.97. The lowest BCUT2D eigenvalue weighted by Gasteiger charge is -2.29. The fraction of sp³-hybridized carbons (Fsp3) is 0.273. The summed E-state index contributed by atoms with van der Waals surface area (Å²) in [4.78, 5) is 14.0. The Balaban J connectivity index is 1.78. The maximum absolute atomic E-state index is 12.2. The van der Waals surface area contributed by atoms with Gasteiger partial charge in [-0.15, -0.1) is 0 Å². The van der Waals surface area contributed by atoms with Crippen molar-refractivity contribution in [2.24, 2.45) is 7.05 Å². The van der Waals surface area contributed by atoms with Gasteiger partial charge in [0.15, 0.2) is 0 Å². The number of hydrogen-bond donors (Lipinski definition) is 0. The first-order chi connectivity index (χ1) is 13.2. The number of hydrogen-bond acceptors (Lipinski definition) is 3. The molecule has 0 atom stereocenters. The Bertz CT molecular complexity index is 963. The van der Waals surface area contributed by atoms with E-state index in [1.807, 2.05) is 36.9 Å². The maximum Gasteiger partial charge on any atom is 0.410 e. The summed E-state index contributed by atoms with van der Waals surface area (Å²) in [5.41, 5.74) is 6.74. The Kier molecular flexibility index (Phi) is 4.67. The van der Waals surface area contributed by atoms with Crippen molar-refractivity contribution in [3.8, 4) is 22.4 Å². The number of carbonyl (C=O) groups excluding carboxylic acids is 1. The molecule has 0 N–H and O–H groups in total. The molecular formula is C22H23N3O2. The highest BCUT2D eigenvalue weighted by molar-refractivity contribution is 5.83. The Labute approximate surface area is 159 Å². The minimum Gasteiger partial charge on any atom is -0.450 e. The molecular weight excluding hydrogens is 338 g/mol. The summed E-state index contributed by atoms with van der Waals surface area (Å²) in [5, 5.41) is 4.70. The van der Waals surface area contributed by atoms with Gasteiger partial charge in [0.05, 0.1) is 6.61 Å². The lowest BCUT2D eigenvalue weighted by molar-refractivity contribution is 0.103. The molecule has 1 aliphatic heterocycles. The van der Waals surface area contributed by atoms with E-state index in [4.69, 9.17) is 9.84 Å². The maximum atomic E-state index is 12.2. The second-order valence-corrected chi connectivity index (χ2v) is 6.74. The first kappa shape index (κ1) is 17.3. The summed E-state index contributed by atoms with van der Waals surface area (Å²) in [7, 11) is 1.94. The van der Waals surface area contributed by atoms with Crippen LogP contribution >= 0.6 is 0 Å². The molecule has 27 heavy (non-hydrogen) atoms. The summed E-state index contributed by atoms with van der Waals surface area (Å²) < 4.78 is 7.06. The lowest BCUT2D eigenvalue weighted by atomic mass is 9.90. The number of aromatic nitrogens is 2. The van der Waals surface area contributed by atoms with Gasteiger partial charge in [0.25, 0.3) is 0 Å². The van der Waals surface area contributed by atoms with Crippen LogP contribution in [0, 0.1) is 0 Å². The van der Waals surface area contributed by atoms with Crippen molar-refractivity contribution in [3.05, 3.63) is 65.9 Å². The largest absolute Gasteiger partial charge is 0.450 e. The molecule has 1 aromatic heterocycles. The number of carbonyl (C=O) groups is 1. The fourth-order valence-corrected chi connectivity index (χ4v) is 3.70. The van der Waals surface area contributed by atoms with E-state index in [0.717, 1.165) is 28.8 Å². The molecule has 0 unspecified atom stereocenters. The molecule has 4 rings (SSSR count). The Morgan fingerprint density at radius 1 is 1.11 bits per heavy atom. The number of aryl methyl sites for hydroxylation is 1. The van der Waals surface area contributed by atoms with E-state index < -0.39 is 0 Å². The minimum absolute atomic E-state index is 0.243. The van der Waals surface area contributed by atoms with Gasteiger partial charge in [-0.3, -0.25) is 4.68 Å². The highest BCUT2D eigenvalue weighted by Gasteiger charge is 2.25. The average molecular weight is 361 g/mol. The normalized spacial score (nSPS) is 13.3. The number of benzene rings is 2. The second kappa shape index (κ2) is 7.27. The zero-order chi connectivity index (χ0) is 18.8. The first-order valence-electron chi connectivity index (χ1n) is 9.29. The van der Waals surface area contributed by atoms with Crippen molar-refractivity contribution in [2.45, 2.75) is 19.9 Å². The number of ether oxygens (including phenoxy) is 1. The zero-order valence-corrected chi connectivity index (χ0v) is 15.7. The van der Waals surface area contributed by atoms with Crippen LogP contribution in [0.1, 0.15) is 18.1 Å². The van der Waals surface area contributed by atoms with Gasteiger partial charge in [-0.25, -0.2) is 4.79 Å². The van der Waals surface area contributed by atoms with E-state index in [1.54, 1.807) is 4.90 Å². The average Bonchev–Trinajstić information content (AvgIpc) is 3.09. The molecule has 0 radical (unpaired) electrons. The summed E-state index contributed by atoms with van der Waals surface area (Å²) in [6.07, 6.45) is 2.65. The molecule has 1 amide bonds. The standard InChI is InChI=1S/C22H23N3O2/c1-3-27-22(26)25-13-12-16-10-7-11-18(19(16)15-25)20-14-24(2)23-21(20)17-8-5-4-6-9-17/h4-11,14H,3,12-13,15H2,1-2H3. The third kappa shape index (κ3) is 3.33. The Hall–Kier alpha value is -3.08. The summed E-state index contributed by atoms with van der Waals surface area (Å²) in [5.74, 6) is 0. The van der Waals surface area contributed by atoms with Gasteiger partial charge in [0, 0.05) is 37.5 Å². The van der Waals surface area contributed by atoms with Crippen LogP contribution in [0.4, 0.5) is 4.79 Å². The smallest absolute Gasteiger partial charge is 0.410 e. The number of amides is 1. The number of nitrogens with zero attached hydrogens (tertiary/aromatic N) is 3. The van der Waals surface area contributed by atoms with Gasteiger partial charge in [0.2, 0.25) is 0 Å².